The Morgan fingerprint density at radius 2 is 2.03 bits per heavy atom. The minimum absolute atomic E-state index is 0. The van der Waals surface area contributed by atoms with Gasteiger partial charge < -0.3 is 10.2 Å². The third-order valence-electron chi connectivity index (χ3n) is 6.07. The molecule has 1 amide bonds. The molecule has 6 nitrogen and oxygen atoms in total. The summed E-state index contributed by atoms with van der Waals surface area (Å²) < 4.78 is 1.97. The van der Waals surface area contributed by atoms with Crippen LogP contribution in [0, 0.1) is 0 Å². The number of piperidine rings is 2. The van der Waals surface area contributed by atoms with Crippen molar-refractivity contribution in [2.75, 3.05) is 33.2 Å². The molecule has 2 atom stereocenters. The number of aromatic nitrogens is 2. The zero-order valence-corrected chi connectivity index (χ0v) is 18.0. The highest BCUT2D eigenvalue weighted by Gasteiger charge is 2.28. The van der Waals surface area contributed by atoms with Crippen molar-refractivity contribution >= 4 is 18.3 Å². The van der Waals surface area contributed by atoms with Crippen molar-refractivity contribution in [1.82, 2.24) is 24.9 Å². The SMILES string of the molecule is CN(C(=O)c1ccn(C2CCCNC2)n1)C1CCCN(Cc2ccccc2)C1.Cl. The van der Waals surface area contributed by atoms with E-state index >= 15 is 0 Å². The molecule has 2 unspecified atom stereocenters. The van der Waals surface area contributed by atoms with Crippen LogP contribution in [0.25, 0.3) is 0 Å². The van der Waals surface area contributed by atoms with E-state index in [-0.39, 0.29) is 24.4 Å². The first-order chi connectivity index (χ1) is 13.7. The van der Waals surface area contributed by atoms with Crippen LogP contribution in [-0.2, 0) is 6.54 Å². The van der Waals surface area contributed by atoms with Gasteiger partial charge in [-0.05, 0) is 50.4 Å². The molecule has 0 aliphatic carbocycles. The molecule has 0 bridgehead atoms. The topological polar surface area (TPSA) is 53.4 Å². The third kappa shape index (κ3) is 5.38. The van der Waals surface area contributed by atoms with E-state index in [4.69, 9.17) is 0 Å². The molecule has 4 rings (SSSR count). The van der Waals surface area contributed by atoms with Crippen LogP contribution >= 0.6 is 12.4 Å². The number of likely N-dealkylation sites (N-methyl/N-ethyl adjacent to an activating group) is 1. The number of rotatable bonds is 5. The zero-order valence-electron chi connectivity index (χ0n) is 17.2. The molecule has 0 radical (unpaired) electrons. The van der Waals surface area contributed by atoms with Gasteiger partial charge in [-0.3, -0.25) is 14.4 Å². The normalized spacial score (nSPS) is 22.7. The lowest BCUT2D eigenvalue weighted by molar-refractivity contribution is 0.0602. The lowest BCUT2D eigenvalue weighted by Gasteiger charge is -2.37. The lowest BCUT2D eigenvalue weighted by atomic mass is 10.0. The largest absolute Gasteiger partial charge is 0.336 e. The van der Waals surface area contributed by atoms with Crippen LogP contribution in [0.3, 0.4) is 0 Å². The van der Waals surface area contributed by atoms with Crippen molar-refractivity contribution in [2.24, 2.45) is 0 Å². The van der Waals surface area contributed by atoms with E-state index in [1.54, 1.807) is 0 Å². The molecule has 2 aliphatic rings. The summed E-state index contributed by atoms with van der Waals surface area (Å²) in [7, 11) is 1.93. The van der Waals surface area contributed by atoms with Crippen LogP contribution in [0.4, 0.5) is 0 Å². The second kappa shape index (κ2) is 10.2. The second-order valence-corrected chi connectivity index (χ2v) is 8.11. The standard InChI is InChI=1S/C22H31N5O.ClH/c1-25(20-10-6-13-26(17-20)16-18-7-3-2-4-8-18)22(28)21-11-14-27(24-21)19-9-5-12-23-15-19;/h2-4,7-8,11,14,19-20,23H,5-6,9-10,12-13,15-17H2,1H3;1H. The molecule has 3 heterocycles. The Labute approximate surface area is 179 Å². The maximum absolute atomic E-state index is 13.0. The fraction of sp³-hybridized carbons (Fsp3) is 0.545. The Balaban J connectivity index is 0.00000240. The van der Waals surface area contributed by atoms with Gasteiger partial charge in [0.25, 0.3) is 5.91 Å². The molecule has 1 aromatic heterocycles. The minimum Gasteiger partial charge on any atom is -0.336 e. The van der Waals surface area contributed by atoms with Crippen molar-refractivity contribution in [3.05, 3.63) is 53.9 Å². The molecular weight excluding hydrogens is 386 g/mol. The van der Waals surface area contributed by atoms with Crippen molar-refractivity contribution in [3.8, 4) is 0 Å². The minimum atomic E-state index is 0. The lowest BCUT2D eigenvalue weighted by Crippen LogP contribution is -2.48. The number of nitrogens with one attached hydrogen (secondary N) is 1. The van der Waals surface area contributed by atoms with E-state index in [9.17, 15) is 4.79 Å². The van der Waals surface area contributed by atoms with Crippen LogP contribution in [0.15, 0.2) is 42.6 Å². The summed E-state index contributed by atoms with van der Waals surface area (Å²) in [5.74, 6) is 0.0362. The number of hydrogen-bond donors (Lipinski definition) is 1. The molecule has 2 aromatic rings. The average molecular weight is 418 g/mol. The smallest absolute Gasteiger partial charge is 0.274 e. The Kier molecular flexibility index (Phi) is 7.70. The highest BCUT2D eigenvalue weighted by atomic mass is 35.5. The number of carbonyl (C=O) groups excluding carboxylic acids is 1. The first-order valence-corrected chi connectivity index (χ1v) is 10.5. The fourth-order valence-corrected chi connectivity index (χ4v) is 4.39. The van der Waals surface area contributed by atoms with Gasteiger partial charge in [0.2, 0.25) is 0 Å². The molecule has 29 heavy (non-hydrogen) atoms. The Morgan fingerprint density at radius 1 is 1.21 bits per heavy atom. The number of likely N-dealkylation sites (tertiary alicyclic amines) is 1. The van der Waals surface area contributed by atoms with E-state index < -0.39 is 0 Å². The highest BCUT2D eigenvalue weighted by Crippen LogP contribution is 2.20. The van der Waals surface area contributed by atoms with Crippen LogP contribution in [0.2, 0.25) is 0 Å². The molecule has 2 aliphatic heterocycles. The summed E-state index contributed by atoms with van der Waals surface area (Å²) in [6.45, 7) is 4.97. The molecule has 0 saturated carbocycles. The van der Waals surface area contributed by atoms with E-state index in [0.717, 1.165) is 58.4 Å². The molecule has 2 saturated heterocycles. The van der Waals surface area contributed by atoms with Gasteiger partial charge in [-0.15, -0.1) is 12.4 Å². The van der Waals surface area contributed by atoms with Gasteiger partial charge in [0, 0.05) is 38.9 Å². The number of hydrogen-bond acceptors (Lipinski definition) is 4. The zero-order chi connectivity index (χ0) is 19.3. The molecule has 158 valence electrons. The summed E-state index contributed by atoms with van der Waals surface area (Å²) in [5.41, 5.74) is 1.89. The summed E-state index contributed by atoms with van der Waals surface area (Å²) in [6, 6.07) is 13.0. The van der Waals surface area contributed by atoms with E-state index in [2.05, 4.69) is 45.6 Å². The average Bonchev–Trinajstić information content (AvgIpc) is 3.24. The molecular formula is C22H32ClN5O. The van der Waals surface area contributed by atoms with Gasteiger partial charge in [0.15, 0.2) is 0 Å². The molecule has 1 N–H and O–H groups in total. The maximum Gasteiger partial charge on any atom is 0.274 e. The van der Waals surface area contributed by atoms with Crippen molar-refractivity contribution in [3.63, 3.8) is 0 Å². The van der Waals surface area contributed by atoms with Crippen LogP contribution in [0.5, 0.6) is 0 Å². The molecule has 0 spiro atoms. The summed E-state index contributed by atoms with van der Waals surface area (Å²) in [5, 5.41) is 8.02. The third-order valence-corrected chi connectivity index (χ3v) is 6.07. The number of carbonyl (C=O) groups is 1. The van der Waals surface area contributed by atoms with E-state index in [1.807, 2.05) is 28.9 Å². The van der Waals surface area contributed by atoms with Gasteiger partial charge >= 0.3 is 0 Å². The highest BCUT2D eigenvalue weighted by molar-refractivity contribution is 5.92. The van der Waals surface area contributed by atoms with E-state index in [0.29, 0.717) is 11.7 Å². The number of halogens is 1. The van der Waals surface area contributed by atoms with Crippen LogP contribution in [0.1, 0.15) is 47.8 Å². The number of nitrogens with zero attached hydrogens (tertiary/aromatic N) is 4. The van der Waals surface area contributed by atoms with Crippen LogP contribution < -0.4 is 5.32 Å². The molecule has 7 heteroatoms. The number of benzene rings is 1. The predicted octanol–water partition coefficient (Wildman–Crippen LogP) is 2.97. The quantitative estimate of drug-likeness (QED) is 0.812. The summed E-state index contributed by atoms with van der Waals surface area (Å²) in [6.07, 6.45) is 6.42. The van der Waals surface area contributed by atoms with Gasteiger partial charge in [0.1, 0.15) is 5.69 Å². The Bertz CT molecular complexity index is 775. The number of amides is 1. The summed E-state index contributed by atoms with van der Waals surface area (Å²) >= 11 is 0. The van der Waals surface area contributed by atoms with Gasteiger partial charge in [-0.2, -0.15) is 5.10 Å². The predicted molar refractivity (Wildman–Crippen MR) is 117 cm³/mol. The fourth-order valence-electron chi connectivity index (χ4n) is 4.39. The van der Waals surface area contributed by atoms with Gasteiger partial charge in [-0.25, -0.2) is 0 Å². The van der Waals surface area contributed by atoms with Crippen molar-refractivity contribution in [2.45, 2.75) is 44.3 Å². The maximum atomic E-state index is 13.0. The summed E-state index contributed by atoms with van der Waals surface area (Å²) in [4.78, 5) is 17.4. The van der Waals surface area contributed by atoms with Crippen molar-refractivity contribution < 1.29 is 4.79 Å². The Hall–Kier alpha value is -1.89. The van der Waals surface area contributed by atoms with Crippen molar-refractivity contribution in [1.29, 1.82) is 0 Å². The second-order valence-electron chi connectivity index (χ2n) is 8.11. The van der Waals surface area contributed by atoms with Gasteiger partial charge in [0.05, 0.1) is 6.04 Å². The molecule has 1 aromatic carbocycles. The monoisotopic (exact) mass is 417 g/mol. The van der Waals surface area contributed by atoms with E-state index in [1.165, 1.54) is 5.56 Å². The first kappa shape index (κ1) is 21.8. The Morgan fingerprint density at radius 3 is 2.79 bits per heavy atom. The first-order valence-electron chi connectivity index (χ1n) is 10.5. The van der Waals surface area contributed by atoms with Crippen LogP contribution in [-0.4, -0.2) is 64.8 Å². The molecule has 2 fully saturated rings. The van der Waals surface area contributed by atoms with Gasteiger partial charge in [-0.1, -0.05) is 30.3 Å².